The van der Waals surface area contributed by atoms with Crippen molar-refractivity contribution in [3.05, 3.63) is 60.4 Å². The highest BCUT2D eigenvalue weighted by atomic mass is 16.5. The average molecular weight is 471 g/mol. The van der Waals surface area contributed by atoms with Gasteiger partial charge in [-0.25, -0.2) is 14.8 Å². The Hall–Kier alpha value is -3.98. The predicted molar refractivity (Wildman–Crippen MR) is 133 cm³/mol. The Morgan fingerprint density at radius 1 is 1.06 bits per heavy atom. The van der Waals surface area contributed by atoms with Gasteiger partial charge < -0.3 is 24.6 Å². The van der Waals surface area contributed by atoms with Gasteiger partial charge >= 0.3 is 5.97 Å². The summed E-state index contributed by atoms with van der Waals surface area (Å²) in [5.41, 5.74) is 4.85. The zero-order valence-corrected chi connectivity index (χ0v) is 19.2. The number of carbonyl (C=O) groups is 1. The molecule has 0 radical (unpaired) electrons. The van der Waals surface area contributed by atoms with E-state index < -0.39 is 5.97 Å². The van der Waals surface area contributed by atoms with Crippen molar-refractivity contribution in [3.63, 3.8) is 0 Å². The molecule has 0 amide bonds. The van der Waals surface area contributed by atoms with Crippen LogP contribution in [0.2, 0.25) is 0 Å². The third kappa shape index (κ3) is 4.67. The van der Waals surface area contributed by atoms with Crippen LogP contribution < -0.4 is 10.2 Å². The van der Waals surface area contributed by atoms with E-state index in [4.69, 9.17) is 19.8 Å². The Bertz CT molecular complexity index is 1370. The van der Waals surface area contributed by atoms with Crippen LogP contribution in [0, 0.1) is 5.92 Å². The molecule has 0 spiro atoms. The molecule has 4 aromatic rings. The second-order valence-electron chi connectivity index (χ2n) is 9.09. The lowest BCUT2D eigenvalue weighted by Crippen LogP contribution is -2.37. The largest absolute Gasteiger partial charge is 0.478 e. The lowest BCUT2D eigenvalue weighted by Gasteiger charge is -2.27. The quantitative estimate of drug-likeness (QED) is 0.414. The number of carboxylic acid groups (broad SMARTS) is 1. The maximum atomic E-state index is 11.2. The Labute approximate surface area is 202 Å². The number of anilines is 3. The van der Waals surface area contributed by atoms with Gasteiger partial charge in [-0.05, 0) is 55.2 Å². The minimum Gasteiger partial charge on any atom is -0.478 e. The highest BCUT2D eigenvalue weighted by Gasteiger charge is 2.22. The van der Waals surface area contributed by atoms with E-state index in [1.165, 1.54) is 12.8 Å². The van der Waals surface area contributed by atoms with Crippen molar-refractivity contribution in [2.45, 2.75) is 19.4 Å². The smallest absolute Gasteiger partial charge is 0.335 e. The monoisotopic (exact) mass is 470 g/mol. The van der Waals surface area contributed by atoms with Gasteiger partial charge in [0.05, 0.1) is 41.8 Å². The molecule has 2 aromatic carbocycles. The van der Waals surface area contributed by atoms with E-state index in [1.54, 1.807) is 24.3 Å². The first-order chi connectivity index (χ1) is 17.1. The first-order valence-corrected chi connectivity index (χ1v) is 11.9. The Morgan fingerprint density at radius 2 is 1.86 bits per heavy atom. The summed E-state index contributed by atoms with van der Waals surface area (Å²) in [6.07, 6.45) is 4.54. The van der Waals surface area contributed by atoms with Crippen LogP contribution in [0.1, 0.15) is 23.2 Å². The molecule has 178 valence electrons. The van der Waals surface area contributed by atoms with E-state index in [0.717, 1.165) is 53.5 Å². The minimum atomic E-state index is -0.953. The van der Waals surface area contributed by atoms with Crippen molar-refractivity contribution in [2.24, 2.45) is 5.92 Å². The molecule has 1 saturated carbocycles. The molecule has 9 nitrogen and oxygen atoms in total. The SMILES string of the molecule is O=C(O)c1ccc(Nc2cc(-c3ccc4c(c3)ncn4CC3CC3)nc(N3CCOCC3)n2)cc1. The number of aromatic nitrogens is 4. The third-order valence-corrected chi connectivity index (χ3v) is 6.48. The summed E-state index contributed by atoms with van der Waals surface area (Å²) in [6, 6.07) is 14.8. The number of benzene rings is 2. The molecular weight excluding hydrogens is 444 g/mol. The molecule has 0 atom stereocenters. The molecule has 2 fully saturated rings. The van der Waals surface area contributed by atoms with Crippen molar-refractivity contribution in [1.29, 1.82) is 0 Å². The maximum Gasteiger partial charge on any atom is 0.335 e. The van der Waals surface area contributed by atoms with Crippen molar-refractivity contribution in [3.8, 4) is 11.3 Å². The number of nitrogens with zero attached hydrogens (tertiary/aromatic N) is 5. The molecule has 0 unspecified atom stereocenters. The van der Waals surface area contributed by atoms with Crippen molar-refractivity contribution in [2.75, 3.05) is 36.5 Å². The molecule has 2 aliphatic rings. The lowest BCUT2D eigenvalue weighted by molar-refractivity contribution is 0.0697. The van der Waals surface area contributed by atoms with Gasteiger partial charge in [-0.2, -0.15) is 4.98 Å². The molecule has 2 N–H and O–H groups in total. The van der Waals surface area contributed by atoms with Gasteiger partial charge in [0, 0.05) is 37.0 Å². The summed E-state index contributed by atoms with van der Waals surface area (Å²) < 4.78 is 7.74. The van der Waals surface area contributed by atoms with E-state index in [0.29, 0.717) is 25.0 Å². The van der Waals surface area contributed by atoms with Gasteiger partial charge in [-0.15, -0.1) is 0 Å². The highest BCUT2D eigenvalue weighted by molar-refractivity contribution is 5.88. The van der Waals surface area contributed by atoms with Crippen LogP contribution in [0.4, 0.5) is 17.5 Å². The van der Waals surface area contributed by atoms with Crippen LogP contribution >= 0.6 is 0 Å². The van der Waals surface area contributed by atoms with E-state index >= 15 is 0 Å². The number of fused-ring (bicyclic) bond motifs is 1. The normalized spacial score (nSPS) is 15.9. The van der Waals surface area contributed by atoms with Gasteiger partial charge in [-0.3, -0.25) is 0 Å². The molecule has 1 aliphatic heterocycles. The third-order valence-electron chi connectivity index (χ3n) is 6.48. The van der Waals surface area contributed by atoms with Crippen LogP contribution in [0.5, 0.6) is 0 Å². The predicted octanol–water partition coefficient (Wildman–Crippen LogP) is 4.18. The van der Waals surface area contributed by atoms with E-state index in [9.17, 15) is 4.79 Å². The van der Waals surface area contributed by atoms with E-state index in [1.807, 2.05) is 12.4 Å². The Morgan fingerprint density at radius 3 is 2.60 bits per heavy atom. The Balaban J connectivity index is 1.35. The first kappa shape index (κ1) is 21.5. The van der Waals surface area contributed by atoms with Gasteiger partial charge in [0.2, 0.25) is 5.95 Å². The Kier molecular flexibility index (Phi) is 5.54. The maximum absolute atomic E-state index is 11.2. The van der Waals surface area contributed by atoms with Gasteiger partial charge in [0.15, 0.2) is 0 Å². The number of hydrogen-bond acceptors (Lipinski definition) is 7. The number of nitrogens with one attached hydrogen (secondary N) is 1. The van der Waals surface area contributed by atoms with Crippen LogP contribution in [-0.4, -0.2) is 56.9 Å². The lowest BCUT2D eigenvalue weighted by atomic mass is 10.1. The van der Waals surface area contributed by atoms with Gasteiger partial charge in [-0.1, -0.05) is 6.07 Å². The van der Waals surface area contributed by atoms with Crippen LogP contribution in [0.25, 0.3) is 22.3 Å². The van der Waals surface area contributed by atoms with Gasteiger partial charge in [0.25, 0.3) is 0 Å². The average Bonchev–Trinajstić information content (AvgIpc) is 3.62. The molecule has 3 heterocycles. The standard InChI is InChI=1S/C26H26N6O3/c33-25(34)18-3-6-20(7-4-18)28-24-14-21(29-26(30-24)31-9-11-35-12-10-31)19-5-8-23-22(13-19)27-16-32(23)15-17-1-2-17/h3-8,13-14,16-17H,1-2,9-12,15H2,(H,33,34)(H,28,29,30). The topological polar surface area (TPSA) is 105 Å². The van der Waals surface area contributed by atoms with Crippen molar-refractivity contribution < 1.29 is 14.6 Å². The number of hydrogen-bond donors (Lipinski definition) is 2. The number of ether oxygens (including phenoxy) is 1. The number of morpholine rings is 1. The molecule has 1 saturated heterocycles. The first-order valence-electron chi connectivity index (χ1n) is 11.9. The zero-order chi connectivity index (χ0) is 23.8. The van der Waals surface area contributed by atoms with Gasteiger partial charge in [0.1, 0.15) is 5.82 Å². The summed E-state index contributed by atoms with van der Waals surface area (Å²) in [5.74, 6) is 1.10. The fourth-order valence-corrected chi connectivity index (χ4v) is 4.34. The molecular formula is C26H26N6O3. The molecule has 2 aromatic heterocycles. The summed E-state index contributed by atoms with van der Waals surface area (Å²) in [7, 11) is 0. The summed E-state index contributed by atoms with van der Waals surface area (Å²) in [4.78, 5) is 27.6. The summed E-state index contributed by atoms with van der Waals surface area (Å²) in [6.45, 7) is 3.75. The number of rotatable bonds is 7. The number of carboxylic acids is 1. The van der Waals surface area contributed by atoms with E-state index in [2.05, 4.69) is 38.0 Å². The fourth-order valence-electron chi connectivity index (χ4n) is 4.34. The second kappa shape index (κ2) is 8.99. The van der Waals surface area contributed by atoms with Crippen molar-refractivity contribution >= 4 is 34.5 Å². The molecule has 0 bridgehead atoms. The molecule has 6 rings (SSSR count). The zero-order valence-electron chi connectivity index (χ0n) is 19.2. The fraction of sp³-hybridized carbons (Fsp3) is 0.308. The van der Waals surface area contributed by atoms with Crippen molar-refractivity contribution in [1.82, 2.24) is 19.5 Å². The number of imidazole rings is 1. The van der Waals surface area contributed by atoms with Crippen LogP contribution in [0.3, 0.4) is 0 Å². The summed E-state index contributed by atoms with van der Waals surface area (Å²) >= 11 is 0. The molecule has 9 heteroatoms. The minimum absolute atomic E-state index is 0.238. The highest BCUT2D eigenvalue weighted by Crippen LogP contribution is 2.33. The number of aromatic carboxylic acids is 1. The van der Waals surface area contributed by atoms with Crippen LogP contribution in [0.15, 0.2) is 54.9 Å². The van der Waals surface area contributed by atoms with Crippen LogP contribution in [-0.2, 0) is 11.3 Å². The van der Waals surface area contributed by atoms with E-state index in [-0.39, 0.29) is 5.56 Å². The molecule has 1 aliphatic carbocycles. The summed E-state index contributed by atoms with van der Waals surface area (Å²) in [5, 5.41) is 12.5. The molecule has 35 heavy (non-hydrogen) atoms. The second-order valence-corrected chi connectivity index (χ2v) is 9.09.